The molecule has 0 unspecified atom stereocenters. The molecule has 0 aromatic rings. The van der Waals surface area contributed by atoms with Gasteiger partial charge in [-0.2, -0.15) is 5.26 Å². The predicted molar refractivity (Wildman–Crippen MR) is 51.3 cm³/mol. The standard InChI is InChI=1S/C11H15N/c1-3-4-5-6-7-8-9-11(2)10-12/h2-7H2,1H3. The largest absolute Gasteiger partial charge is 0.192 e. The molecule has 0 aliphatic rings. The Kier molecular flexibility index (Phi) is 7.10. The lowest BCUT2D eigenvalue weighted by Gasteiger charge is -1.91. The Morgan fingerprint density at radius 3 is 2.67 bits per heavy atom. The quantitative estimate of drug-likeness (QED) is 0.353. The van der Waals surface area contributed by atoms with Crippen LogP contribution in [-0.2, 0) is 0 Å². The van der Waals surface area contributed by atoms with E-state index < -0.39 is 0 Å². The SMILES string of the molecule is C=C(C#N)C#CCCCCCC. The van der Waals surface area contributed by atoms with Crippen molar-refractivity contribution in [1.29, 1.82) is 5.26 Å². The zero-order valence-electron chi connectivity index (χ0n) is 7.69. The maximum Gasteiger partial charge on any atom is 0.108 e. The second-order valence-electron chi connectivity index (χ2n) is 2.70. The van der Waals surface area contributed by atoms with Crippen LogP contribution < -0.4 is 0 Å². The van der Waals surface area contributed by atoms with Crippen LogP contribution in [0.15, 0.2) is 12.2 Å². The zero-order valence-corrected chi connectivity index (χ0v) is 7.69. The van der Waals surface area contributed by atoms with Gasteiger partial charge in [0.1, 0.15) is 6.07 Å². The molecule has 1 nitrogen and oxygen atoms in total. The first-order chi connectivity index (χ1) is 5.81. The number of nitriles is 1. The van der Waals surface area contributed by atoms with Crippen molar-refractivity contribution in [3.8, 4) is 17.9 Å². The summed E-state index contributed by atoms with van der Waals surface area (Å²) in [6.45, 7) is 5.66. The number of nitrogens with zero attached hydrogens (tertiary/aromatic N) is 1. The topological polar surface area (TPSA) is 23.8 Å². The second kappa shape index (κ2) is 7.89. The third-order valence-corrected chi connectivity index (χ3v) is 1.53. The van der Waals surface area contributed by atoms with E-state index >= 15 is 0 Å². The minimum Gasteiger partial charge on any atom is -0.192 e. The number of hydrogen-bond acceptors (Lipinski definition) is 1. The van der Waals surface area contributed by atoms with Gasteiger partial charge in [0.05, 0.1) is 5.57 Å². The Morgan fingerprint density at radius 1 is 1.33 bits per heavy atom. The van der Waals surface area contributed by atoms with E-state index in [2.05, 4.69) is 25.3 Å². The molecule has 0 fully saturated rings. The van der Waals surface area contributed by atoms with Crippen LogP contribution in [0.25, 0.3) is 0 Å². The smallest absolute Gasteiger partial charge is 0.108 e. The molecule has 0 rings (SSSR count). The Labute approximate surface area is 75.1 Å². The van der Waals surface area contributed by atoms with E-state index in [1.807, 2.05) is 6.07 Å². The van der Waals surface area contributed by atoms with Crippen LogP contribution in [0.1, 0.15) is 39.0 Å². The molecule has 64 valence electrons. The van der Waals surface area contributed by atoms with E-state index in [1.54, 1.807) is 0 Å². The monoisotopic (exact) mass is 161 g/mol. The van der Waals surface area contributed by atoms with Crippen LogP contribution >= 0.6 is 0 Å². The lowest BCUT2D eigenvalue weighted by Crippen LogP contribution is -1.74. The molecule has 0 radical (unpaired) electrons. The number of allylic oxidation sites excluding steroid dienone is 1. The highest BCUT2D eigenvalue weighted by atomic mass is 14.2. The number of unbranched alkanes of at least 4 members (excludes halogenated alkanes) is 4. The predicted octanol–water partition coefficient (Wildman–Crippen LogP) is 3.04. The van der Waals surface area contributed by atoms with Gasteiger partial charge < -0.3 is 0 Å². The minimum atomic E-state index is 0.366. The Bertz CT molecular complexity index is 222. The molecule has 0 saturated heterocycles. The van der Waals surface area contributed by atoms with Crippen molar-refractivity contribution in [2.24, 2.45) is 0 Å². The lowest BCUT2D eigenvalue weighted by atomic mass is 10.1. The fraction of sp³-hybridized carbons (Fsp3) is 0.545. The average molecular weight is 161 g/mol. The van der Waals surface area contributed by atoms with Crippen molar-refractivity contribution in [3.63, 3.8) is 0 Å². The van der Waals surface area contributed by atoms with Crippen LogP contribution in [0.4, 0.5) is 0 Å². The highest BCUT2D eigenvalue weighted by Gasteiger charge is 1.84. The fourth-order valence-corrected chi connectivity index (χ4v) is 0.837. The normalized spacial score (nSPS) is 8.00. The fourth-order valence-electron chi connectivity index (χ4n) is 0.837. The van der Waals surface area contributed by atoms with Gasteiger partial charge in [-0.05, 0) is 6.42 Å². The molecule has 0 aliphatic heterocycles. The van der Waals surface area contributed by atoms with E-state index in [1.165, 1.54) is 19.3 Å². The summed E-state index contributed by atoms with van der Waals surface area (Å²) in [6, 6.07) is 1.90. The molecule has 0 heterocycles. The van der Waals surface area contributed by atoms with E-state index in [0.29, 0.717) is 5.57 Å². The Morgan fingerprint density at radius 2 is 2.08 bits per heavy atom. The molecule has 12 heavy (non-hydrogen) atoms. The minimum absolute atomic E-state index is 0.366. The molecular formula is C11H15N. The van der Waals surface area contributed by atoms with Gasteiger partial charge in [0.15, 0.2) is 0 Å². The molecule has 0 aliphatic carbocycles. The Balaban J connectivity index is 3.35. The van der Waals surface area contributed by atoms with Crippen molar-refractivity contribution in [3.05, 3.63) is 12.2 Å². The van der Waals surface area contributed by atoms with Crippen LogP contribution in [-0.4, -0.2) is 0 Å². The van der Waals surface area contributed by atoms with Gasteiger partial charge in [-0.1, -0.05) is 44.6 Å². The first kappa shape index (κ1) is 10.8. The second-order valence-corrected chi connectivity index (χ2v) is 2.70. The Hall–Kier alpha value is -1.21. The highest BCUT2D eigenvalue weighted by Crippen LogP contribution is 2.00. The van der Waals surface area contributed by atoms with Gasteiger partial charge >= 0.3 is 0 Å². The van der Waals surface area contributed by atoms with Gasteiger partial charge in [-0.15, -0.1) is 0 Å². The van der Waals surface area contributed by atoms with Crippen LogP contribution in [0, 0.1) is 23.2 Å². The maximum absolute atomic E-state index is 8.32. The molecule has 0 aromatic carbocycles. The van der Waals surface area contributed by atoms with Crippen LogP contribution in [0.5, 0.6) is 0 Å². The third-order valence-electron chi connectivity index (χ3n) is 1.53. The molecule has 0 spiro atoms. The molecule has 0 bridgehead atoms. The summed E-state index contributed by atoms with van der Waals surface area (Å²) in [5.41, 5.74) is 0.366. The highest BCUT2D eigenvalue weighted by molar-refractivity contribution is 5.37. The molecule has 1 heteroatoms. The van der Waals surface area contributed by atoms with E-state index in [9.17, 15) is 0 Å². The average Bonchev–Trinajstić information content (AvgIpc) is 2.10. The summed E-state index contributed by atoms with van der Waals surface area (Å²) in [7, 11) is 0. The van der Waals surface area contributed by atoms with Gasteiger partial charge in [0.25, 0.3) is 0 Å². The van der Waals surface area contributed by atoms with E-state index in [-0.39, 0.29) is 0 Å². The molecular weight excluding hydrogens is 146 g/mol. The molecule has 0 saturated carbocycles. The van der Waals surface area contributed by atoms with Crippen molar-refractivity contribution < 1.29 is 0 Å². The van der Waals surface area contributed by atoms with Crippen LogP contribution in [0.2, 0.25) is 0 Å². The summed E-state index contributed by atoms with van der Waals surface area (Å²) >= 11 is 0. The maximum atomic E-state index is 8.32. The van der Waals surface area contributed by atoms with E-state index in [4.69, 9.17) is 5.26 Å². The van der Waals surface area contributed by atoms with Crippen molar-refractivity contribution >= 4 is 0 Å². The summed E-state index contributed by atoms with van der Waals surface area (Å²) in [5.74, 6) is 5.63. The molecule has 0 N–H and O–H groups in total. The summed E-state index contributed by atoms with van der Waals surface area (Å²) in [5, 5.41) is 8.32. The molecule has 0 amide bonds. The van der Waals surface area contributed by atoms with Gasteiger partial charge in [0, 0.05) is 6.42 Å². The number of hydrogen-bond donors (Lipinski definition) is 0. The van der Waals surface area contributed by atoms with Crippen molar-refractivity contribution in [2.45, 2.75) is 39.0 Å². The third kappa shape index (κ3) is 6.90. The summed E-state index contributed by atoms with van der Waals surface area (Å²) in [4.78, 5) is 0. The van der Waals surface area contributed by atoms with E-state index in [0.717, 1.165) is 12.8 Å². The summed E-state index contributed by atoms with van der Waals surface area (Å²) < 4.78 is 0. The molecule has 0 aromatic heterocycles. The number of rotatable bonds is 4. The van der Waals surface area contributed by atoms with Crippen molar-refractivity contribution in [2.75, 3.05) is 0 Å². The van der Waals surface area contributed by atoms with Crippen LogP contribution in [0.3, 0.4) is 0 Å². The van der Waals surface area contributed by atoms with Crippen molar-refractivity contribution in [1.82, 2.24) is 0 Å². The summed E-state index contributed by atoms with van der Waals surface area (Å²) in [6.07, 6.45) is 5.80. The van der Waals surface area contributed by atoms with Gasteiger partial charge in [0.2, 0.25) is 0 Å². The first-order valence-electron chi connectivity index (χ1n) is 4.39. The zero-order chi connectivity index (χ0) is 9.23. The molecule has 0 atom stereocenters. The van der Waals surface area contributed by atoms with Gasteiger partial charge in [-0.25, -0.2) is 0 Å². The lowest BCUT2D eigenvalue weighted by molar-refractivity contribution is 0.679. The van der Waals surface area contributed by atoms with Gasteiger partial charge in [-0.3, -0.25) is 0 Å². The first-order valence-corrected chi connectivity index (χ1v) is 4.39.